The summed E-state index contributed by atoms with van der Waals surface area (Å²) < 4.78 is 0. The summed E-state index contributed by atoms with van der Waals surface area (Å²) in [5.74, 6) is -1.21. The standard InChI is InChI=1S/C16H28N2O3/c1-4-12(3)17-5-7-18(8-6-17)15(19)13-9-11(2)10-14(13)16(20)21/h11-14H,4-10H2,1-3H3,(H,20,21). The lowest BCUT2D eigenvalue weighted by atomic mass is 9.94. The molecular formula is C16H28N2O3. The molecule has 1 N–H and O–H groups in total. The monoisotopic (exact) mass is 296 g/mol. The fourth-order valence-electron chi connectivity index (χ4n) is 3.71. The molecule has 0 aromatic rings. The number of hydrogen-bond donors (Lipinski definition) is 1. The molecule has 0 spiro atoms. The number of nitrogens with zero attached hydrogens (tertiary/aromatic N) is 2. The van der Waals surface area contributed by atoms with Gasteiger partial charge in [-0.1, -0.05) is 13.8 Å². The third-order valence-corrected chi connectivity index (χ3v) is 5.27. The minimum absolute atomic E-state index is 0.0653. The van der Waals surface area contributed by atoms with Crippen molar-refractivity contribution in [3.05, 3.63) is 0 Å². The number of aliphatic carboxylic acids is 1. The van der Waals surface area contributed by atoms with Gasteiger partial charge in [-0.15, -0.1) is 0 Å². The van der Waals surface area contributed by atoms with Crippen molar-refractivity contribution in [1.29, 1.82) is 0 Å². The fourth-order valence-corrected chi connectivity index (χ4v) is 3.71. The van der Waals surface area contributed by atoms with Gasteiger partial charge >= 0.3 is 5.97 Å². The first kappa shape index (κ1) is 16.3. The van der Waals surface area contributed by atoms with Gasteiger partial charge < -0.3 is 10.0 Å². The van der Waals surface area contributed by atoms with Gasteiger partial charge in [-0.3, -0.25) is 14.5 Å². The summed E-state index contributed by atoms with van der Waals surface area (Å²) in [6.45, 7) is 9.72. The predicted molar refractivity (Wildman–Crippen MR) is 80.9 cm³/mol. The van der Waals surface area contributed by atoms with Crippen molar-refractivity contribution in [3.63, 3.8) is 0 Å². The first-order valence-electron chi connectivity index (χ1n) is 8.19. The van der Waals surface area contributed by atoms with E-state index >= 15 is 0 Å². The lowest BCUT2D eigenvalue weighted by molar-refractivity contribution is -0.149. The van der Waals surface area contributed by atoms with Crippen LogP contribution in [0.2, 0.25) is 0 Å². The highest BCUT2D eigenvalue weighted by Gasteiger charge is 2.43. The third-order valence-electron chi connectivity index (χ3n) is 5.27. The van der Waals surface area contributed by atoms with Crippen LogP contribution in [-0.4, -0.2) is 59.0 Å². The lowest BCUT2D eigenvalue weighted by Gasteiger charge is -2.39. The SMILES string of the molecule is CCC(C)N1CCN(C(=O)C2CC(C)CC2C(=O)O)CC1. The number of carbonyl (C=O) groups excluding carboxylic acids is 1. The van der Waals surface area contributed by atoms with Gasteiger partial charge in [0.25, 0.3) is 0 Å². The van der Waals surface area contributed by atoms with E-state index in [1.54, 1.807) is 0 Å². The Bertz CT molecular complexity index is 391. The highest BCUT2D eigenvalue weighted by molar-refractivity contribution is 5.85. The van der Waals surface area contributed by atoms with Crippen molar-refractivity contribution in [1.82, 2.24) is 9.80 Å². The summed E-state index contributed by atoms with van der Waals surface area (Å²) in [6.07, 6.45) is 2.48. The van der Waals surface area contributed by atoms with Crippen molar-refractivity contribution < 1.29 is 14.7 Å². The number of carboxylic acids is 1. The summed E-state index contributed by atoms with van der Waals surface area (Å²) in [5.41, 5.74) is 0. The van der Waals surface area contributed by atoms with Crippen LogP contribution in [0.4, 0.5) is 0 Å². The average molecular weight is 296 g/mol. The Morgan fingerprint density at radius 3 is 2.24 bits per heavy atom. The van der Waals surface area contributed by atoms with Crippen LogP contribution >= 0.6 is 0 Å². The average Bonchev–Trinajstić information content (AvgIpc) is 2.88. The first-order valence-corrected chi connectivity index (χ1v) is 8.19. The van der Waals surface area contributed by atoms with Gasteiger partial charge in [-0.05, 0) is 32.1 Å². The molecule has 1 aliphatic heterocycles. The van der Waals surface area contributed by atoms with Crippen LogP contribution in [0.3, 0.4) is 0 Å². The molecule has 0 bridgehead atoms. The molecule has 5 heteroatoms. The van der Waals surface area contributed by atoms with Crippen LogP contribution in [0, 0.1) is 17.8 Å². The van der Waals surface area contributed by atoms with Gasteiger partial charge in [0.15, 0.2) is 0 Å². The second-order valence-corrected chi connectivity index (χ2v) is 6.75. The molecule has 4 atom stereocenters. The fraction of sp³-hybridized carbons (Fsp3) is 0.875. The maximum Gasteiger partial charge on any atom is 0.307 e. The van der Waals surface area contributed by atoms with Crippen LogP contribution in [-0.2, 0) is 9.59 Å². The zero-order valence-electron chi connectivity index (χ0n) is 13.4. The van der Waals surface area contributed by atoms with Gasteiger partial charge in [0, 0.05) is 32.2 Å². The quantitative estimate of drug-likeness (QED) is 0.857. The van der Waals surface area contributed by atoms with Gasteiger partial charge in [-0.2, -0.15) is 0 Å². The van der Waals surface area contributed by atoms with Gasteiger partial charge in [-0.25, -0.2) is 0 Å². The van der Waals surface area contributed by atoms with E-state index in [1.165, 1.54) is 0 Å². The largest absolute Gasteiger partial charge is 0.481 e. The molecule has 1 amide bonds. The minimum atomic E-state index is -0.809. The van der Waals surface area contributed by atoms with E-state index in [0.29, 0.717) is 18.4 Å². The molecule has 2 aliphatic rings. The Hall–Kier alpha value is -1.10. The number of amides is 1. The molecule has 1 aliphatic carbocycles. The number of carboxylic acid groups (broad SMARTS) is 1. The third kappa shape index (κ3) is 3.57. The molecule has 0 aromatic carbocycles. The van der Waals surface area contributed by atoms with E-state index in [9.17, 15) is 14.7 Å². The summed E-state index contributed by atoms with van der Waals surface area (Å²) in [7, 11) is 0. The van der Waals surface area contributed by atoms with Crippen LogP contribution in [0.25, 0.3) is 0 Å². The smallest absolute Gasteiger partial charge is 0.307 e. The van der Waals surface area contributed by atoms with Crippen LogP contribution in [0.5, 0.6) is 0 Å². The molecule has 0 radical (unpaired) electrons. The van der Waals surface area contributed by atoms with Crippen LogP contribution in [0.1, 0.15) is 40.0 Å². The number of piperazine rings is 1. The summed E-state index contributed by atoms with van der Waals surface area (Å²) in [5, 5.41) is 9.32. The molecule has 1 heterocycles. The van der Waals surface area contributed by atoms with Crippen LogP contribution in [0.15, 0.2) is 0 Å². The van der Waals surface area contributed by atoms with Crippen molar-refractivity contribution in [2.45, 2.75) is 46.1 Å². The molecular weight excluding hydrogens is 268 g/mol. The van der Waals surface area contributed by atoms with Gasteiger partial charge in [0.05, 0.1) is 11.8 Å². The van der Waals surface area contributed by atoms with E-state index in [1.807, 2.05) is 11.8 Å². The maximum atomic E-state index is 12.7. The van der Waals surface area contributed by atoms with Gasteiger partial charge in [0.1, 0.15) is 0 Å². The highest BCUT2D eigenvalue weighted by Crippen LogP contribution is 2.37. The Labute approximate surface area is 127 Å². The molecule has 120 valence electrons. The van der Waals surface area contributed by atoms with E-state index in [2.05, 4.69) is 18.7 Å². The molecule has 0 aromatic heterocycles. The Morgan fingerprint density at radius 2 is 1.71 bits per heavy atom. The Balaban J connectivity index is 1.94. The van der Waals surface area contributed by atoms with E-state index in [4.69, 9.17) is 0 Å². The summed E-state index contributed by atoms with van der Waals surface area (Å²) >= 11 is 0. The van der Waals surface area contributed by atoms with Crippen molar-refractivity contribution in [3.8, 4) is 0 Å². The number of rotatable bonds is 4. The van der Waals surface area contributed by atoms with Crippen molar-refractivity contribution >= 4 is 11.9 Å². The molecule has 2 fully saturated rings. The first-order chi connectivity index (χ1) is 9.93. The highest BCUT2D eigenvalue weighted by atomic mass is 16.4. The molecule has 1 saturated carbocycles. The second-order valence-electron chi connectivity index (χ2n) is 6.75. The minimum Gasteiger partial charge on any atom is -0.481 e. The van der Waals surface area contributed by atoms with E-state index in [0.717, 1.165) is 39.0 Å². The normalized spacial score (nSPS) is 32.1. The zero-order valence-corrected chi connectivity index (χ0v) is 13.4. The van der Waals surface area contributed by atoms with Crippen LogP contribution < -0.4 is 0 Å². The Kier molecular flexibility index (Phi) is 5.25. The molecule has 1 saturated heterocycles. The maximum absolute atomic E-state index is 12.7. The summed E-state index contributed by atoms with van der Waals surface area (Å²) in [6, 6.07) is 0.556. The molecule has 2 rings (SSSR count). The predicted octanol–water partition coefficient (Wildman–Crippen LogP) is 1.68. The topological polar surface area (TPSA) is 60.9 Å². The molecule has 21 heavy (non-hydrogen) atoms. The lowest BCUT2D eigenvalue weighted by Crippen LogP contribution is -2.53. The van der Waals surface area contributed by atoms with Gasteiger partial charge in [0.2, 0.25) is 5.91 Å². The van der Waals surface area contributed by atoms with E-state index < -0.39 is 11.9 Å². The van der Waals surface area contributed by atoms with Crippen molar-refractivity contribution in [2.75, 3.05) is 26.2 Å². The Morgan fingerprint density at radius 1 is 1.14 bits per heavy atom. The molecule has 5 nitrogen and oxygen atoms in total. The zero-order chi connectivity index (χ0) is 15.6. The number of carbonyl (C=O) groups is 2. The second kappa shape index (κ2) is 6.77. The number of hydrogen-bond acceptors (Lipinski definition) is 3. The molecule has 4 unspecified atom stereocenters. The van der Waals surface area contributed by atoms with Crippen molar-refractivity contribution in [2.24, 2.45) is 17.8 Å². The van der Waals surface area contributed by atoms with E-state index in [-0.39, 0.29) is 11.8 Å². The summed E-state index contributed by atoms with van der Waals surface area (Å²) in [4.78, 5) is 28.3.